The molecule has 0 spiro atoms. The largest absolute Gasteiger partial charge is 0.378 e. The van der Waals surface area contributed by atoms with Gasteiger partial charge in [0.25, 0.3) is 10.1 Å². The van der Waals surface area contributed by atoms with Crippen LogP contribution in [0.4, 0.5) is 11.4 Å². The van der Waals surface area contributed by atoms with E-state index in [0.717, 1.165) is 33.8 Å². The lowest BCUT2D eigenvalue weighted by molar-refractivity contribution is 0.402. The Morgan fingerprint density at radius 1 is 0.971 bits per heavy atom. The van der Waals surface area contributed by atoms with Crippen LogP contribution in [0.2, 0.25) is 0 Å². The van der Waals surface area contributed by atoms with E-state index in [4.69, 9.17) is 4.55 Å². The van der Waals surface area contributed by atoms with E-state index >= 15 is 0 Å². The van der Waals surface area contributed by atoms with Crippen LogP contribution in [-0.4, -0.2) is 76.8 Å². The van der Waals surface area contributed by atoms with Gasteiger partial charge in [-0.05, 0) is 48.5 Å². The Kier molecular flexibility index (Phi) is 8.84. The van der Waals surface area contributed by atoms with E-state index in [0.29, 0.717) is 19.5 Å². The molecule has 0 atom stereocenters. The highest BCUT2D eigenvalue weighted by molar-refractivity contribution is 7.85. The van der Waals surface area contributed by atoms with E-state index in [1.165, 1.54) is 0 Å². The Hall–Kier alpha value is -3.43. The molecule has 0 saturated carbocycles. The van der Waals surface area contributed by atoms with Crippen molar-refractivity contribution in [3.8, 4) is 0 Å². The molecule has 186 valence electrons. The first kappa shape index (κ1) is 26.2. The molecule has 35 heavy (non-hydrogen) atoms. The van der Waals surface area contributed by atoms with Crippen molar-refractivity contribution < 1.29 is 13.0 Å². The maximum atomic E-state index is 10.9. The van der Waals surface area contributed by atoms with Crippen LogP contribution in [0.25, 0.3) is 0 Å². The highest BCUT2D eigenvalue weighted by atomic mass is 32.2. The molecule has 3 rings (SSSR count). The van der Waals surface area contributed by atoms with E-state index in [-0.39, 0.29) is 5.75 Å². The molecule has 1 aliphatic rings. The summed E-state index contributed by atoms with van der Waals surface area (Å²) in [6.07, 6.45) is 7.82. The van der Waals surface area contributed by atoms with Gasteiger partial charge in [-0.2, -0.15) is 13.5 Å². The monoisotopic (exact) mass is 495 g/mol. The third kappa shape index (κ3) is 8.08. The molecular formula is C26H33N5O3S. The number of hydrogen-bond acceptors (Lipinski definition) is 7. The van der Waals surface area contributed by atoms with Crippen molar-refractivity contribution in [1.29, 1.82) is 0 Å². The van der Waals surface area contributed by atoms with Gasteiger partial charge >= 0.3 is 0 Å². The van der Waals surface area contributed by atoms with Gasteiger partial charge in [0.15, 0.2) is 0 Å². The second-order valence-corrected chi connectivity index (χ2v) is 10.3. The zero-order valence-corrected chi connectivity index (χ0v) is 21.5. The van der Waals surface area contributed by atoms with E-state index in [9.17, 15) is 8.42 Å². The fourth-order valence-corrected chi connectivity index (χ4v) is 4.09. The molecule has 0 aliphatic carbocycles. The lowest BCUT2D eigenvalue weighted by atomic mass is 10.0. The number of nitrogens with zero attached hydrogens (tertiary/aromatic N) is 5. The molecule has 1 aliphatic heterocycles. The van der Waals surface area contributed by atoms with Gasteiger partial charge in [0.1, 0.15) is 5.71 Å². The number of benzene rings is 2. The molecule has 0 fully saturated rings. The Labute approximate surface area is 208 Å². The van der Waals surface area contributed by atoms with Crippen molar-refractivity contribution in [3.05, 3.63) is 83.6 Å². The fourth-order valence-electron chi connectivity index (χ4n) is 3.59. The van der Waals surface area contributed by atoms with Crippen molar-refractivity contribution in [2.24, 2.45) is 10.2 Å². The second-order valence-electron chi connectivity index (χ2n) is 8.77. The first-order chi connectivity index (χ1) is 16.6. The van der Waals surface area contributed by atoms with E-state index in [1.54, 1.807) is 6.21 Å². The van der Waals surface area contributed by atoms with Gasteiger partial charge < -0.3 is 14.7 Å². The van der Waals surface area contributed by atoms with Gasteiger partial charge in [0.05, 0.1) is 12.0 Å². The minimum absolute atomic E-state index is 0.253. The highest BCUT2D eigenvalue weighted by Crippen LogP contribution is 2.19. The van der Waals surface area contributed by atoms with Gasteiger partial charge in [-0.25, -0.2) is 0 Å². The summed E-state index contributed by atoms with van der Waals surface area (Å²) in [5.74, 6) is -0.253. The molecule has 0 radical (unpaired) electrons. The minimum Gasteiger partial charge on any atom is -0.378 e. The quantitative estimate of drug-likeness (QED) is 0.307. The first-order valence-electron chi connectivity index (χ1n) is 11.4. The predicted molar refractivity (Wildman–Crippen MR) is 145 cm³/mol. The zero-order valence-electron chi connectivity index (χ0n) is 20.7. The molecule has 0 aromatic heterocycles. The van der Waals surface area contributed by atoms with Crippen LogP contribution in [-0.2, 0) is 10.1 Å². The Balaban J connectivity index is 1.79. The Morgan fingerprint density at radius 2 is 1.51 bits per heavy atom. The van der Waals surface area contributed by atoms with Gasteiger partial charge in [0.2, 0.25) is 0 Å². The number of hydrogen-bond donors (Lipinski definition) is 1. The van der Waals surface area contributed by atoms with Gasteiger partial charge in [-0.3, -0.25) is 4.55 Å². The molecular weight excluding hydrogens is 462 g/mol. The fraction of sp³-hybridized carbons (Fsp3) is 0.308. The molecule has 2 aromatic rings. The van der Waals surface area contributed by atoms with Gasteiger partial charge in [-0.15, -0.1) is 5.10 Å². The summed E-state index contributed by atoms with van der Waals surface area (Å²) in [4.78, 5) is 6.09. The zero-order chi connectivity index (χ0) is 25.4. The highest BCUT2D eigenvalue weighted by Gasteiger charge is 2.11. The second kappa shape index (κ2) is 11.8. The summed E-state index contributed by atoms with van der Waals surface area (Å²) in [5.41, 5.74) is 5.87. The number of allylic oxidation sites excluding steroid dienone is 2. The normalized spacial score (nSPS) is 13.6. The van der Waals surface area contributed by atoms with Gasteiger partial charge in [-0.1, -0.05) is 30.3 Å². The van der Waals surface area contributed by atoms with Crippen molar-refractivity contribution in [2.45, 2.75) is 6.42 Å². The topological polar surface area (TPSA) is 88.8 Å². The summed E-state index contributed by atoms with van der Waals surface area (Å²) in [6.45, 7) is 1.11. The van der Waals surface area contributed by atoms with Crippen molar-refractivity contribution in [3.63, 3.8) is 0 Å². The van der Waals surface area contributed by atoms with Crippen LogP contribution < -0.4 is 9.80 Å². The maximum Gasteiger partial charge on any atom is 0.264 e. The third-order valence-electron chi connectivity index (χ3n) is 5.54. The van der Waals surface area contributed by atoms with Crippen LogP contribution in [0, 0.1) is 0 Å². The Morgan fingerprint density at radius 3 is 2.00 bits per heavy atom. The summed E-state index contributed by atoms with van der Waals surface area (Å²) in [6, 6.07) is 16.4. The number of anilines is 2. The third-order valence-corrected chi connectivity index (χ3v) is 6.34. The molecule has 1 N–H and O–H groups in total. The molecule has 0 bridgehead atoms. The number of rotatable bonds is 10. The lowest BCUT2D eigenvalue weighted by Gasteiger charge is -2.22. The van der Waals surface area contributed by atoms with Crippen LogP contribution >= 0.6 is 0 Å². The van der Waals surface area contributed by atoms with Crippen LogP contribution in [0.15, 0.2) is 82.7 Å². The summed E-state index contributed by atoms with van der Waals surface area (Å²) in [7, 11) is 4.08. The Bertz CT molecular complexity index is 1160. The summed E-state index contributed by atoms with van der Waals surface area (Å²) in [5, 5.41) is 8.98. The van der Waals surface area contributed by atoms with Crippen molar-refractivity contribution >= 4 is 33.4 Å². The van der Waals surface area contributed by atoms with E-state index < -0.39 is 10.1 Å². The standard InChI is InChI=1S/C26H33N5O3S/c1-29(2)24-12-8-22(9-13-24)26(23-10-14-25(15-11-23)30(3)4)28-27-19-21-7-5-16-31(20-21)17-6-18-35(32,33)34/h5,7-16,19H,6,17-18,20H2,1-4H3,(H,32,33,34). The SMILES string of the molecule is CN(C)c1ccc(C(=NN=CC2=CC=CN(CCCS(=O)(=O)O)C2)c2ccc(N(C)C)cc2)cc1. The smallest absolute Gasteiger partial charge is 0.264 e. The molecule has 1 heterocycles. The van der Waals surface area contributed by atoms with E-state index in [1.807, 2.05) is 75.7 Å². The summed E-state index contributed by atoms with van der Waals surface area (Å²) < 4.78 is 30.8. The molecule has 2 aromatic carbocycles. The molecule has 0 unspecified atom stereocenters. The van der Waals surface area contributed by atoms with Crippen molar-refractivity contribution in [1.82, 2.24) is 4.90 Å². The maximum absolute atomic E-state index is 10.9. The lowest BCUT2D eigenvalue weighted by Crippen LogP contribution is -2.25. The van der Waals surface area contributed by atoms with Crippen LogP contribution in [0.1, 0.15) is 17.5 Å². The van der Waals surface area contributed by atoms with E-state index in [2.05, 4.69) is 44.3 Å². The van der Waals surface area contributed by atoms with Crippen molar-refractivity contribution in [2.75, 3.05) is 56.8 Å². The molecule has 0 amide bonds. The molecule has 9 heteroatoms. The van der Waals surface area contributed by atoms with Gasteiger partial charge in [0, 0.05) is 63.8 Å². The average Bonchev–Trinajstić information content (AvgIpc) is 2.81. The predicted octanol–water partition coefficient (Wildman–Crippen LogP) is 3.68. The molecule has 8 nitrogen and oxygen atoms in total. The summed E-state index contributed by atoms with van der Waals surface area (Å²) >= 11 is 0. The van der Waals surface area contributed by atoms with Crippen LogP contribution in [0.3, 0.4) is 0 Å². The average molecular weight is 496 g/mol. The molecule has 0 saturated heterocycles. The minimum atomic E-state index is -3.94. The first-order valence-corrected chi connectivity index (χ1v) is 13.0. The van der Waals surface area contributed by atoms with Crippen LogP contribution in [0.5, 0.6) is 0 Å².